The van der Waals surface area contributed by atoms with E-state index in [1.807, 2.05) is 43.3 Å². The molecular formula is C23H25N3O5. The Balaban J connectivity index is 1.38. The number of piperazine rings is 2. The summed E-state index contributed by atoms with van der Waals surface area (Å²) in [5.41, 5.74) is 1.99. The van der Waals surface area contributed by atoms with Crippen LogP contribution in [0.5, 0.6) is 11.5 Å². The first-order chi connectivity index (χ1) is 14.9. The molecule has 2 aliphatic rings. The number of nitrogens with one attached hydrogen (secondary N) is 1. The van der Waals surface area contributed by atoms with Crippen LogP contribution in [-0.2, 0) is 16.0 Å². The molecule has 0 aliphatic carbocycles. The number of methoxy groups -OCH3 is 1. The standard InChI is InChI=1S/C23H25N3O5/c1-15-3-7-18(8-4-15)31-23(29)25-11-12-26-20(14-25)21(27)24-19(22(26)28)13-16-5-9-17(30-2)10-6-16/h3-10,19-20H,11-14H2,1-2H3,(H,24,27)/t19-,20+/m0/s1. The van der Waals surface area contributed by atoms with Crippen LogP contribution in [0.25, 0.3) is 0 Å². The van der Waals surface area contributed by atoms with E-state index >= 15 is 0 Å². The molecule has 2 aliphatic heterocycles. The fourth-order valence-corrected chi connectivity index (χ4v) is 3.87. The van der Waals surface area contributed by atoms with E-state index in [4.69, 9.17) is 9.47 Å². The van der Waals surface area contributed by atoms with Gasteiger partial charge in [-0.05, 0) is 36.8 Å². The summed E-state index contributed by atoms with van der Waals surface area (Å²) in [5.74, 6) is 0.788. The van der Waals surface area contributed by atoms with E-state index in [-0.39, 0.29) is 18.4 Å². The number of rotatable bonds is 4. The number of ether oxygens (including phenoxy) is 2. The van der Waals surface area contributed by atoms with Gasteiger partial charge in [-0.2, -0.15) is 0 Å². The highest BCUT2D eigenvalue weighted by Gasteiger charge is 2.44. The minimum atomic E-state index is -0.709. The van der Waals surface area contributed by atoms with Gasteiger partial charge in [-0.3, -0.25) is 9.59 Å². The second kappa shape index (κ2) is 8.67. The first-order valence-electron chi connectivity index (χ1n) is 10.2. The summed E-state index contributed by atoms with van der Waals surface area (Å²) in [7, 11) is 1.59. The Labute approximate surface area is 180 Å². The molecule has 0 bridgehead atoms. The molecule has 162 valence electrons. The number of hydrogen-bond donors (Lipinski definition) is 1. The van der Waals surface area contributed by atoms with Crippen LogP contribution < -0.4 is 14.8 Å². The van der Waals surface area contributed by atoms with E-state index in [1.54, 1.807) is 24.1 Å². The maximum Gasteiger partial charge on any atom is 0.415 e. The lowest BCUT2D eigenvalue weighted by atomic mass is 9.98. The second-order valence-corrected chi connectivity index (χ2v) is 7.79. The normalized spacial score (nSPS) is 20.7. The molecule has 2 atom stereocenters. The molecule has 0 spiro atoms. The Bertz CT molecular complexity index is 974. The molecule has 0 aromatic heterocycles. The Kier molecular flexibility index (Phi) is 5.79. The molecule has 0 radical (unpaired) electrons. The Morgan fingerprint density at radius 2 is 1.71 bits per heavy atom. The maximum absolute atomic E-state index is 13.0. The van der Waals surface area contributed by atoms with Gasteiger partial charge in [0.15, 0.2) is 0 Å². The van der Waals surface area contributed by atoms with E-state index in [0.717, 1.165) is 16.9 Å². The summed E-state index contributed by atoms with van der Waals surface area (Å²) in [6.45, 7) is 2.66. The Morgan fingerprint density at radius 1 is 1.03 bits per heavy atom. The molecular weight excluding hydrogens is 398 g/mol. The SMILES string of the molecule is COc1ccc(C[C@@H]2NC(=O)[C@H]3CN(C(=O)Oc4ccc(C)cc4)CCN3C2=O)cc1. The van der Waals surface area contributed by atoms with Crippen LogP contribution in [0.3, 0.4) is 0 Å². The van der Waals surface area contributed by atoms with Crippen LogP contribution in [0.1, 0.15) is 11.1 Å². The summed E-state index contributed by atoms with van der Waals surface area (Å²) >= 11 is 0. The lowest BCUT2D eigenvalue weighted by molar-refractivity contribution is -0.152. The van der Waals surface area contributed by atoms with Gasteiger partial charge in [0.1, 0.15) is 23.6 Å². The van der Waals surface area contributed by atoms with Crippen molar-refractivity contribution in [3.8, 4) is 11.5 Å². The minimum absolute atomic E-state index is 0.109. The number of nitrogens with zero attached hydrogens (tertiary/aromatic N) is 2. The number of fused-ring (bicyclic) bond motifs is 1. The molecule has 1 N–H and O–H groups in total. The van der Waals surface area contributed by atoms with Gasteiger partial charge in [0.05, 0.1) is 13.7 Å². The van der Waals surface area contributed by atoms with E-state index in [2.05, 4.69) is 5.32 Å². The summed E-state index contributed by atoms with van der Waals surface area (Å²) in [6.07, 6.45) is -0.124. The van der Waals surface area contributed by atoms with Gasteiger partial charge in [-0.15, -0.1) is 0 Å². The number of carbonyl (C=O) groups is 3. The summed E-state index contributed by atoms with van der Waals surface area (Å²) in [6, 6.07) is 13.2. The Hall–Kier alpha value is -3.55. The second-order valence-electron chi connectivity index (χ2n) is 7.79. The van der Waals surface area contributed by atoms with Crippen LogP contribution in [-0.4, -0.2) is 66.5 Å². The zero-order valence-electron chi connectivity index (χ0n) is 17.5. The predicted molar refractivity (Wildman–Crippen MR) is 113 cm³/mol. The van der Waals surface area contributed by atoms with Gasteiger partial charge in [0, 0.05) is 19.5 Å². The summed E-state index contributed by atoms with van der Waals surface area (Å²) < 4.78 is 10.6. The highest BCUT2D eigenvalue weighted by molar-refractivity contribution is 5.97. The average molecular weight is 423 g/mol. The van der Waals surface area contributed by atoms with Crippen molar-refractivity contribution in [1.29, 1.82) is 0 Å². The topological polar surface area (TPSA) is 88.2 Å². The molecule has 0 saturated carbocycles. The number of benzene rings is 2. The van der Waals surface area contributed by atoms with Crippen molar-refractivity contribution < 1.29 is 23.9 Å². The highest BCUT2D eigenvalue weighted by atomic mass is 16.6. The predicted octanol–water partition coefficient (Wildman–Crippen LogP) is 1.76. The average Bonchev–Trinajstić information content (AvgIpc) is 2.79. The van der Waals surface area contributed by atoms with Crippen molar-refractivity contribution in [2.45, 2.75) is 25.4 Å². The van der Waals surface area contributed by atoms with Gasteiger partial charge >= 0.3 is 6.09 Å². The van der Waals surface area contributed by atoms with Crippen LogP contribution in [0.15, 0.2) is 48.5 Å². The molecule has 2 fully saturated rings. The van der Waals surface area contributed by atoms with Crippen LogP contribution >= 0.6 is 0 Å². The van der Waals surface area contributed by atoms with Crippen molar-refractivity contribution in [3.05, 3.63) is 59.7 Å². The van der Waals surface area contributed by atoms with E-state index in [1.165, 1.54) is 4.90 Å². The third-order valence-electron chi connectivity index (χ3n) is 5.66. The fourth-order valence-electron chi connectivity index (χ4n) is 3.87. The minimum Gasteiger partial charge on any atom is -0.497 e. The van der Waals surface area contributed by atoms with Gasteiger partial charge in [-0.1, -0.05) is 29.8 Å². The van der Waals surface area contributed by atoms with Crippen molar-refractivity contribution in [3.63, 3.8) is 0 Å². The first kappa shape index (κ1) is 20.7. The number of aryl methyl sites for hydroxylation is 1. The molecule has 2 aromatic carbocycles. The number of carbonyl (C=O) groups excluding carboxylic acids is 3. The quantitative estimate of drug-likeness (QED) is 0.810. The van der Waals surface area contributed by atoms with Crippen molar-refractivity contribution in [1.82, 2.24) is 15.1 Å². The summed E-state index contributed by atoms with van der Waals surface area (Å²) in [5, 5.41) is 2.82. The molecule has 0 unspecified atom stereocenters. The van der Waals surface area contributed by atoms with Crippen LogP contribution in [0.2, 0.25) is 0 Å². The van der Waals surface area contributed by atoms with Gasteiger partial charge in [0.2, 0.25) is 11.8 Å². The third kappa shape index (κ3) is 4.47. The summed E-state index contributed by atoms with van der Waals surface area (Å²) in [4.78, 5) is 41.3. The van der Waals surface area contributed by atoms with Crippen molar-refractivity contribution in [2.75, 3.05) is 26.7 Å². The van der Waals surface area contributed by atoms with E-state index in [0.29, 0.717) is 25.3 Å². The molecule has 2 heterocycles. The molecule has 4 rings (SSSR count). The smallest absolute Gasteiger partial charge is 0.415 e. The lowest BCUT2D eigenvalue weighted by Gasteiger charge is -2.44. The number of hydrogen-bond acceptors (Lipinski definition) is 5. The molecule has 8 heteroatoms. The fraction of sp³-hybridized carbons (Fsp3) is 0.348. The van der Waals surface area contributed by atoms with Crippen molar-refractivity contribution in [2.24, 2.45) is 0 Å². The van der Waals surface area contributed by atoms with Crippen LogP contribution in [0, 0.1) is 6.92 Å². The van der Waals surface area contributed by atoms with Gasteiger partial charge in [0.25, 0.3) is 0 Å². The Morgan fingerprint density at radius 3 is 2.39 bits per heavy atom. The maximum atomic E-state index is 13.0. The molecule has 31 heavy (non-hydrogen) atoms. The molecule has 8 nitrogen and oxygen atoms in total. The van der Waals surface area contributed by atoms with Gasteiger partial charge in [-0.25, -0.2) is 4.79 Å². The highest BCUT2D eigenvalue weighted by Crippen LogP contribution is 2.21. The molecule has 2 saturated heterocycles. The van der Waals surface area contributed by atoms with E-state index in [9.17, 15) is 14.4 Å². The third-order valence-corrected chi connectivity index (χ3v) is 5.66. The van der Waals surface area contributed by atoms with Crippen molar-refractivity contribution >= 4 is 17.9 Å². The van der Waals surface area contributed by atoms with Gasteiger partial charge < -0.3 is 24.6 Å². The largest absolute Gasteiger partial charge is 0.497 e. The molecule has 2 aromatic rings. The first-order valence-corrected chi connectivity index (χ1v) is 10.2. The molecule has 3 amide bonds. The number of amides is 3. The zero-order valence-corrected chi connectivity index (χ0v) is 17.5. The lowest BCUT2D eigenvalue weighted by Crippen LogP contribution is -2.70. The van der Waals surface area contributed by atoms with E-state index < -0.39 is 18.2 Å². The van der Waals surface area contributed by atoms with Crippen LogP contribution in [0.4, 0.5) is 4.79 Å². The monoisotopic (exact) mass is 423 g/mol. The zero-order chi connectivity index (χ0) is 22.0.